The Morgan fingerprint density at radius 2 is 1.48 bits per heavy atom. The van der Waals surface area contributed by atoms with Gasteiger partial charge in [0.2, 0.25) is 0 Å². The van der Waals surface area contributed by atoms with Crippen molar-refractivity contribution < 1.29 is 14.7 Å². The monoisotopic (exact) mass is 323 g/mol. The van der Waals surface area contributed by atoms with Crippen molar-refractivity contribution in [3.8, 4) is 0 Å². The predicted octanol–water partition coefficient (Wildman–Crippen LogP) is 4.54. The van der Waals surface area contributed by atoms with Gasteiger partial charge in [0.15, 0.2) is 5.78 Å². The maximum atomic E-state index is 12.1. The highest BCUT2D eigenvalue weighted by atomic mass is 16.3. The molecule has 0 saturated heterocycles. The highest BCUT2D eigenvalue weighted by Crippen LogP contribution is 2.24. The van der Waals surface area contributed by atoms with Gasteiger partial charge in [-0.2, -0.15) is 0 Å². The van der Waals surface area contributed by atoms with E-state index in [1.807, 2.05) is 0 Å². The minimum absolute atomic E-state index is 0.0101. The van der Waals surface area contributed by atoms with Crippen LogP contribution in [0.4, 0.5) is 0 Å². The second-order valence-corrected chi connectivity index (χ2v) is 6.71. The molecular formula is C19H33NO3. The molecule has 1 atom stereocenters. The van der Waals surface area contributed by atoms with Crippen molar-refractivity contribution in [2.24, 2.45) is 0 Å². The molecule has 4 nitrogen and oxygen atoms in total. The number of likely N-dealkylation sites (N-methyl/N-ethyl adjacent to an activating group) is 1. The fraction of sp³-hybridized carbons (Fsp3) is 0.789. The van der Waals surface area contributed by atoms with E-state index in [1.54, 1.807) is 14.0 Å². The van der Waals surface area contributed by atoms with Crippen molar-refractivity contribution in [2.45, 2.75) is 90.5 Å². The summed E-state index contributed by atoms with van der Waals surface area (Å²) in [6.07, 6.45) is 12.5. The van der Waals surface area contributed by atoms with Gasteiger partial charge in [0.1, 0.15) is 11.3 Å². The zero-order valence-electron chi connectivity index (χ0n) is 15.1. The fourth-order valence-electron chi connectivity index (χ4n) is 3.01. The second kappa shape index (κ2) is 10.5. The lowest BCUT2D eigenvalue weighted by Gasteiger charge is -2.14. The molecule has 0 aromatic heterocycles. The van der Waals surface area contributed by atoms with Gasteiger partial charge in [0.25, 0.3) is 5.91 Å². The Morgan fingerprint density at radius 1 is 1.00 bits per heavy atom. The van der Waals surface area contributed by atoms with Crippen LogP contribution >= 0.6 is 0 Å². The number of hydrogen-bond acceptors (Lipinski definition) is 3. The smallest absolute Gasteiger partial charge is 0.261 e. The van der Waals surface area contributed by atoms with E-state index in [9.17, 15) is 14.7 Å². The quantitative estimate of drug-likeness (QED) is 0.424. The standard InChI is InChI=1S/C19H33NO3/c1-4-5-6-7-8-9-10-11-12-13-14-16(21)17-18(22)15(2)20(3)19(17)23/h15,22H,4-14H2,1-3H3/t15-/m1/s1. The van der Waals surface area contributed by atoms with Gasteiger partial charge in [-0.1, -0.05) is 64.7 Å². The van der Waals surface area contributed by atoms with Gasteiger partial charge in [-0.05, 0) is 13.3 Å². The first kappa shape index (κ1) is 19.7. The average molecular weight is 323 g/mol. The summed E-state index contributed by atoms with van der Waals surface area (Å²) in [7, 11) is 1.62. The summed E-state index contributed by atoms with van der Waals surface area (Å²) in [6, 6.07) is -0.380. The van der Waals surface area contributed by atoms with Gasteiger partial charge in [-0.3, -0.25) is 9.59 Å². The Labute approximate surface area is 140 Å². The molecule has 0 bridgehead atoms. The second-order valence-electron chi connectivity index (χ2n) is 6.71. The van der Waals surface area contributed by atoms with Gasteiger partial charge in [-0.15, -0.1) is 0 Å². The Morgan fingerprint density at radius 3 is 1.91 bits per heavy atom. The van der Waals surface area contributed by atoms with Gasteiger partial charge in [0.05, 0.1) is 6.04 Å². The molecule has 1 aliphatic rings. The molecule has 0 fully saturated rings. The summed E-state index contributed by atoms with van der Waals surface area (Å²) in [6.45, 7) is 3.96. The highest BCUT2D eigenvalue weighted by Gasteiger charge is 2.37. The van der Waals surface area contributed by atoms with E-state index in [1.165, 1.54) is 49.8 Å². The molecule has 4 heteroatoms. The zero-order valence-corrected chi connectivity index (χ0v) is 15.1. The average Bonchev–Trinajstić information content (AvgIpc) is 2.72. The molecule has 0 unspecified atom stereocenters. The van der Waals surface area contributed by atoms with E-state index in [4.69, 9.17) is 0 Å². The maximum absolute atomic E-state index is 12.1. The fourth-order valence-corrected chi connectivity index (χ4v) is 3.01. The first-order chi connectivity index (χ1) is 11.0. The number of aliphatic hydroxyl groups excluding tert-OH is 1. The van der Waals surface area contributed by atoms with Crippen LogP contribution in [0.3, 0.4) is 0 Å². The van der Waals surface area contributed by atoms with Crippen molar-refractivity contribution >= 4 is 11.7 Å². The molecule has 23 heavy (non-hydrogen) atoms. The lowest BCUT2D eigenvalue weighted by molar-refractivity contribution is -0.128. The maximum Gasteiger partial charge on any atom is 0.261 e. The normalized spacial score (nSPS) is 18.1. The van der Waals surface area contributed by atoms with E-state index >= 15 is 0 Å². The third-order valence-corrected chi connectivity index (χ3v) is 4.80. The summed E-state index contributed by atoms with van der Waals surface area (Å²) in [5.41, 5.74) is 0.0101. The summed E-state index contributed by atoms with van der Waals surface area (Å²) in [5.74, 6) is -0.607. The van der Waals surface area contributed by atoms with E-state index in [-0.39, 0.29) is 29.1 Å². The van der Waals surface area contributed by atoms with Gasteiger partial charge < -0.3 is 10.0 Å². The molecule has 132 valence electrons. The molecule has 1 N–H and O–H groups in total. The minimum atomic E-state index is -0.380. The van der Waals surface area contributed by atoms with Crippen LogP contribution in [0.1, 0.15) is 84.5 Å². The topological polar surface area (TPSA) is 57.6 Å². The van der Waals surface area contributed by atoms with Gasteiger partial charge >= 0.3 is 0 Å². The van der Waals surface area contributed by atoms with E-state index < -0.39 is 0 Å². The number of nitrogens with zero attached hydrogens (tertiary/aromatic N) is 1. The molecule has 1 heterocycles. The van der Waals surface area contributed by atoms with Crippen molar-refractivity contribution in [2.75, 3.05) is 7.05 Å². The number of carbonyl (C=O) groups is 2. The molecule has 0 aliphatic carbocycles. The number of hydrogen-bond donors (Lipinski definition) is 1. The number of amides is 1. The van der Waals surface area contributed by atoms with Crippen LogP contribution in [0.25, 0.3) is 0 Å². The Hall–Kier alpha value is -1.32. The number of Topliss-reactive ketones (excluding diaryl/α,β-unsaturated/α-hetero) is 1. The first-order valence-corrected chi connectivity index (χ1v) is 9.24. The number of ketones is 1. The lowest BCUT2D eigenvalue weighted by atomic mass is 10.0. The molecule has 0 spiro atoms. The first-order valence-electron chi connectivity index (χ1n) is 9.24. The molecule has 1 rings (SSSR count). The van der Waals surface area contributed by atoms with Crippen LogP contribution in [-0.2, 0) is 9.59 Å². The Balaban J connectivity index is 2.12. The lowest BCUT2D eigenvalue weighted by Crippen LogP contribution is -2.30. The Bertz CT molecular complexity index is 428. The number of unbranched alkanes of at least 4 members (excludes halogenated alkanes) is 9. The van der Waals surface area contributed by atoms with Crippen LogP contribution in [0.5, 0.6) is 0 Å². The highest BCUT2D eigenvalue weighted by molar-refractivity contribution is 6.21. The van der Waals surface area contributed by atoms with Crippen LogP contribution in [0.2, 0.25) is 0 Å². The molecule has 0 aromatic rings. The van der Waals surface area contributed by atoms with Crippen molar-refractivity contribution in [1.29, 1.82) is 0 Å². The number of rotatable bonds is 12. The molecule has 1 amide bonds. The van der Waals surface area contributed by atoms with Crippen molar-refractivity contribution in [1.82, 2.24) is 4.90 Å². The molecule has 0 aromatic carbocycles. The zero-order chi connectivity index (χ0) is 17.2. The SMILES string of the molecule is CCCCCCCCCCCCC(=O)C1=C(O)[C@@H](C)N(C)C1=O. The van der Waals surface area contributed by atoms with E-state index in [0.29, 0.717) is 6.42 Å². The summed E-state index contributed by atoms with van der Waals surface area (Å²) in [5, 5.41) is 9.93. The van der Waals surface area contributed by atoms with Crippen LogP contribution in [0.15, 0.2) is 11.3 Å². The van der Waals surface area contributed by atoms with Crippen LogP contribution < -0.4 is 0 Å². The third kappa shape index (κ3) is 6.00. The van der Waals surface area contributed by atoms with Gasteiger partial charge in [-0.25, -0.2) is 0 Å². The summed E-state index contributed by atoms with van der Waals surface area (Å²) >= 11 is 0. The largest absolute Gasteiger partial charge is 0.509 e. The third-order valence-electron chi connectivity index (χ3n) is 4.80. The van der Waals surface area contributed by atoms with Crippen molar-refractivity contribution in [3.05, 3.63) is 11.3 Å². The minimum Gasteiger partial charge on any atom is -0.509 e. The van der Waals surface area contributed by atoms with Gasteiger partial charge in [0, 0.05) is 13.5 Å². The molecular weight excluding hydrogens is 290 g/mol. The predicted molar refractivity (Wildman–Crippen MR) is 93.4 cm³/mol. The van der Waals surface area contributed by atoms with E-state index in [0.717, 1.165) is 19.3 Å². The number of carbonyl (C=O) groups excluding carboxylic acids is 2. The Kier molecular flexibility index (Phi) is 8.97. The molecule has 0 saturated carbocycles. The number of aliphatic hydroxyl groups is 1. The van der Waals surface area contributed by atoms with Crippen LogP contribution in [-0.4, -0.2) is 34.8 Å². The van der Waals surface area contributed by atoms with Crippen LogP contribution in [0, 0.1) is 0 Å². The summed E-state index contributed by atoms with van der Waals surface area (Å²) in [4.78, 5) is 25.5. The van der Waals surface area contributed by atoms with Crippen molar-refractivity contribution in [3.63, 3.8) is 0 Å². The summed E-state index contributed by atoms with van der Waals surface area (Å²) < 4.78 is 0. The van der Waals surface area contributed by atoms with E-state index in [2.05, 4.69) is 6.92 Å². The molecule has 0 radical (unpaired) electrons. The molecule has 1 aliphatic heterocycles.